The normalized spacial score (nSPS) is 11.7. The van der Waals surface area contributed by atoms with Crippen molar-refractivity contribution in [1.29, 1.82) is 0 Å². The summed E-state index contributed by atoms with van der Waals surface area (Å²) in [6.07, 6.45) is 1.77. The Morgan fingerprint density at radius 2 is 1.58 bits per heavy atom. The molecule has 2 aromatic rings. The molecule has 0 amide bonds. The zero-order valence-electron chi connectivity index (χ0n) is 9.81. The van der Waals surface area contributed by atoms with Crippen LogP contribution in [0.1, 0.15) is 16.7 Å². The number of aromatic nitrogens is 2. The number of allylic oxidation sites excluding steroid dienone is 3. The first-order valence-electron chi connectivity index (χ1n) is 5.10. The van der Waals surface area contributed by atoms with Crippen LogP contribution in [-0.2, 0) is 0 Å². The van der Waals surface area contributed by atoms with Gasteiger partial charge in [-0.25, -0.2) is 0 Å². The summed E-state index contributed by atoms with van der Waals surface area (Å²) in [7, 11) is 0. The lowest BCUT2D eigenvalue weighted by Crippen LogP contribution is -1.79. The van der Waals surface area contributed by atoms with Gasteiger partial charge in [0.25, 0.3) is 0 Å². The molecule has 2 aromatic heterocycles. The van der Waals surface area contributed by atoms with Crippen molar-refractivity contribution in [2.24, 2.45) is 0 Å². The van der Waals surface area contributed by atoms with Crippen molar-refractivity contribution in [1.82, 2.24) is 9.97 Å². The van der Waals surface area contributed by atoms with Crippen molar-refractivity contribution in [3.63, 3.8) is 0 Å². The Hall–Kier alpha value is -1.22. The molecule has 2 heterocycles. The summed E-state index contributed by atoms with van der Waals surface area (Å²) >= 11 is 12.5. The van der Waals surface area contributed by atoms with Gasteiger partial charge in [0, 0.05) is 0 Å². The second-order valence-corrected chi connectivity index (χ2v) is 7.11. The summed E-state index contributed by atoms with van der Waals surface area (Å²) in [5.41, 5.74) is 1.42. The zero-order chi connectivity index (χ0) is 14.2. The zero-order valence-corrected chi connectivity index (χ0v) is 13.1. The Morgan fingerprint density at radius 1 is 1.11 bits per heavy atom. The highest BCUT2D eigenvalue weighted by Gasteiger charge is 2.11. The molecule has 0 saturated carbocycles. The number of hydrogen-bond donors (Lipinski definition) is 4. The topological polar surface area (TPSA) is 72.0 Å². The van der Waals surface area contributed by atoms with Crippen molar-refractivity contribution < 1.29 is 10.2 Å². The smallest absolute Gasteiger partial charge is 0.208 e. The number of H-pyrrole nitrogens is 2. The van der Waals surface area contributed by atoms with E-state index < -0.39 is 0 Å². The Balaban J connectivity index is 2.38. The van der Waals surface area contributed by atoms with E-state index in [9.17, 15) is 10.2 Å². The number of hydrogen-bond acceptors (Lipinski definition) is 6. The van der Waals surface area contributed by atoms with Crippen molar-refractivity contribution >= 4 is 58.3 Å². The lowest BCUT2D eigenvalue weighted by molar-refractivity contribution is 0.455. The molecule has 0 aromatic carbocycles. The molecule has 0 bridgehead atoms. The fraction of sp³-hybridized carbons (Fsp3) is 0.0909. The van der Waals surface area contributed by atoms with Crippen molar-refractivity contribution in [2.45, 2.75) is 6.92 Å². The minimum absolute atomic E-state index is 0.00923. The highest BCUT2D eigenvalue weighted by atomic mass is 32.2. The Bertz CT molecular complexity index is 775. The SMILES string of the molecule is C=C(/C=C(\C)c1sc(=S)[nH]c1O)c1sc(=S)[nH]c1O. The molecule has 0 radical (unpaired) electrons. The third kappa shape index (κ3) is 3.03. The van der Waals surface area contributed by atoms with E-state index in [0.717, 1.165) is 5.57 Å². The van der Waals surface area contributed by atoms with E-state index in [1.54, 1.807) is 6.08 Å². The maximum absolute atomic E-state index is 9.69. The molecule has 0 aliphatic heterocycles. The molecule has 0 unspecified atom stereocenters. The van der Waals surface area contributed by atoms with Crippen LogP contribution in [0.5, 0.6) is 11.8 Å². The van der Waals surface area contributed by atoms with Crippen LogP contribution in [0.4, 0.5) is 0 Å². The quantitative estimate of drug-likeness (QED) is 0.495. The maximum atomic E-state index is 9.69. The minimum Gasteiger partial charge on any atom is -0.494 e. The van der Waals surface area contributed by atoms with Gasteiger partial charge in [0.15, 0.2) is 7.91 Å². The molecule has 0 fully saturated rings. The number of nitrogens with one attached hydrogen (secondary N) is 2. The molecule has 0 atom stereocenters. The summed E-state index contributed by atoms with van der Waals surface area (Å²) in [4.78, 5) is 6.56. The third-order valence-corrected chi connectivity index (χ3v) is 4.96. The summed E-state index contributed by atoms with van der Waals surface area (Å²) in [5, 5.41) is 19.4. The lowest BCUT2D eigenvalue weighted by Gasteiger charge is -2.00. The molecule has 19 heavy (non-hydrogen) atoms. The first-order chi connectivity index (χ1) is 8.88. The second kappa shape index (κ2) is 5.41. The molecule has 4 N–H and O–H groups in total. The summed E-state index contributed by atoms with van der Waals surface area (Å²) in [6, 6.07) is 0. The predicted molar refractivity (Wildman–Crippen MR) is 85.0 cm³/mol. The van der Waals surface area contributed by atoms with Gasteiger partial charge in [-0.05, 0) is 48.6 Å². The minimum atomic E-state index is 0.00923. The molecule has 0 saturated heterocycles. The molecule has 4 nitrogen and oxygen atoms in total. The molecule has 2 rings (SSSR count). The van der Waals surface area contributed by atoms with Gasteiger partial charge in [0.2, 0.25) is 11.8 Å². The van der Waals surface area contributed by atoms with Crippen LogP contribution < -0.4 is 0 Å². The van der Waals surface area contributed by atoms with Crippen LogP contribution in [0.25, 0.3) is 11.1 Å². The average molecular weight is 330 g/mol. The van der Waals surface area contributed by atoms with Gasteiger partial charge in [-0.3, -0.25) is 0 Å². The fourth-order valence-electron chi connectivity index (χ4n) is 1.52. The largest absolute Gasteiger partial charge is 0.494 e. The lowest BCUT2D eigenvalue weighted by atomic mass is 10.1. The van der Waals surface area contributed by atoms with Crippen molar-refractivity contribution in [2.75, 3.05) is 0 Å². The third-order valence-electron chi connectivity index (χ3n) is 2.30. The summed E-state index contributed by atoms with van der Waals surface area (Å²) in [6.45, 7) is 5.73. The molecule has 0 spiro atoms. The van der Waals surface area contributed by atoms with Gasteiger partial charge in [-0.2, -0.15) is 0 Å². The number of thiazole rings is 2. The Kier molecular flexibility index (Phi) is 4.04. The van der Waals surface area contributed by atoms with Crippen LogP contribution in [0, 0.1) is 7.91 Å². The molecule has 0 aliphatic rings. The molecular formula is C11H10N2O2S4. The van der Waals surface area contributed by atoms with Crippen molar-refractivity contribution in [3.8, 4) is 11.8 Å². The van der Waals surface area contributed by atoms with Crippen LogP contribution in [0.3, 0.4) is 0 Å². The molecule has 0 aliphatic carbocycles. The standard InChI is InChI=1S/C11H10N2O2S4/c1-4(6-8(14)12-10(16)18-6)3-5(2)7-9(15)13-11(17)19-7/h3,14-15H,1H2,2H3,(H,12,16)(H,13,17)/b5-3+. The van der Waals surface area contributed by atoms with Gasteiger partial charge < -0.3 is 20.2 Å². The number of aromatic amines is 2. The highest BCUT2D eigenvalue weighted by molar-refractivity contribution is 7.73. The second-order valence-electron chi connectivity index (χ2n) is 3.74. The molecular weight excluding hydrogens is 320 g/mol. The monoisotopic (exact) mass is 330 g/mol. The Morgan fingerprint density at radius 3 is 2.00 bits per heavy atom. The van der Waals surface area contributed by atoms with E-state index >= 15 is 0 Å². The van der Waals surface area contributed by atoms with E-state index in [0.29, 0.717) is 23.2 Å². The summed E-state index contributed by atoms with van der Waals surface area (Å²) < 4.78 is 0.992. The average Bonchev–Trinajstić information content (AvgIpc) is 2.81. The first kappa shape index (κ1) is 14.2. The van der Waals surface area contributed by atoms with E-state index in [-0.39, 0.29) is 11.8 Å². The predicted octanol–water partition coefficient (Wildman–Crippen LogP) is 4.45. The first-order valence-corrected chi connectivity index (χ1v) is 7.55. The van der Waals surface area contributed by atoms with Crippen LogP contribution in [-0.4, -0.2) is 20.2 Å². The van der Waals surface area contributed by atoms with E-state index in [1.807, 2.05) is 6.92 Å². The van der Waals surface area contributed by atoms with Crippen LogP contribution >= 0.6 is 47.1 Å². The number of aromatic hydroxyl groups is 2. The highest BCUT2D eigenvalue weighted by Crippen LogP contribution is 2.34. The van der Waals surface area contributed by atoms with Gasteiger partial charge in [0.05, 0.1) is 9.75 Å². The summed E-state index contributed by atoms with van der Waals surface area (Å²) in [5.74, 6) is 0.0532. The fourth-order valence-corrected chi connectivity index (χ4v) is 3.58. The molecule has 8 heteroatoms. The van der Waals surface area contributed by atoms with Crippen molar-refractivity contribution in [3.05, 3.63) is 30.3 Å². The Labute approximate surface area is 127 Å². The van der Waals surface area contributed by atoms with E-state index in [4.69, 9.17) is 24.4 Å². The molecule has 100 valence electrons. The van der Waals surface area contributed by atoms with E-state index in [2.05, 4.69) is 16.5 Å². The van der Waals surface area contributed by atoms with Gasteiger partial charge in [-0.1, -0.05) is 6.58 Å². The van der Waals surface area contributed by atoms with Gasteiger partial charge in [-0.15, -0.1) is 22.7 Å². The van der Waals surface area contributed by atoms with E-state index in [1.165, 1.54) is 22.7 Å². The van der Waals surface area contributed by atoms with Gasteiger partial charge >= 0.3 is 0 Å². The maximum Gasteiger partial charge on any atom is 0.208 e. The van der Waals surface area contributed by atoms with Crippen LogP contribution in [0.15, 0.2) is 12.7 Å². The van der Waals surface area contributed by atoms with Crippen LogP contribution in [0.2, 0.25) is 0 Å². The van der Waals surface area contributed by atoms with Gasteiger partial charge in [0.1, 0.15) is 0 Å². The number of rotatable bonds is 3.